The van der Waals surface area contributed by atoms with Crippen LogP contribution in [0.5, 0.6) is 0 Å². The van der Waals surface area contributed by atoms with Crippen LogP contribution in [0.2, 0.25) is 0 Å². The Labute approximate surface area is 292 Å². The standard InChI is InChI=1S/C46H34N4/c1-46(2,3)35-26-33-18-24-40-42(49(36-10-6-4-7-11-36)38-20-14-31(29-47)15-21-38)28-43(41-25-19-34(27-35)44(33)45(40)41)50(37-12-8-5-9-13-37)39-22-16-32(30-48)17-23-39/h4-28H,1-3H3. The van der Waals surface area contributed by atoms with E-state index in [1.807, 2.05) is 60.7 Å². The Balaban J connectivity index is 1.52. The fraction of sp³-hybridized carbons (Fsp3) is 0.0870. The Morgan fingerprint density at radius 3 is 1.22 bits per heavy atom. The predicted octanol–water partition coefficient (Wildman–Crippen LogP) is 12.6. The molecule has 0 spiro atoms. The first-order chi connectivity index (χ1) is 24.3. The monoisotopic (exact) mass is 642 g/mol. The van der Waals surface area contributed by atoms with Crippen molar-refractivity contribution in [3.8, 4) is 12.1 Å². The lowest BCUT2D eigenvalue weighted by molar-refractivity contribution is 0.591. The van der Waals surface area contributed by atoms with Crippen molar-refractivity contribution < 1.29 is 0 Å². The Morgan fingerprint density at radius 2 is 0.840 bits per heavy atom. The van der Waals surface area contributed by atoms with Gasteiger partial charge in [-0.05, 0) is 106 Å². The highest BCUT2D eigenvalue weighted by atomic mass is 15.2. The molecular formula is C46H34N4. The normalized spacial score (nSPS) is 11.5. The molecule has 0 unspecified atom stereocenters. The van der Waals surface area contributed by atoms with Gasteiger partial charge in [-0.25, -0.2) is 0 Å². The molecule has 8 aromatic carbocycles. The highest BCUT2D eigenvalue weighted by Gasteiger charge is 2.25. The van der Waals surface area contributed by atoms with Crippen molar-refractivity contribution >= 4 is 66.4 Å². The molecular weight excluding hydrogens is 609 g/mol. The number of hydrogen-bond donors (Lipinski definition) is 0. The van der Waals surface area contributed by atoms with Crippen LogP contribution in [0, 0.1) is 22.7 Å². The van der Waals surface area contributed by atoms with Crippen molar-refractivity contribution in [2.45, 2.75) is 26.2 Å². The summed E-state index contributed by atoms with van der Waals surface area (Å²) < 4.78 is 0. The molecule has 0 saturated heterocycles. The van der Waals surface area contributed by atoms with Gasteiger partial charge >= 0.3 is 0 Å². The van der Waals surface area contributed by atoms with Crippen molar-refractivity contribution in [1.82, 2.24) is 0 Å². The van der Waals surface area contributed by atoms with Crippen LogP contribution in [-0.4, -0.2) is 0 Å². The van der Waals surface area contributed by atoms with Crippen LogP contribution >= 0.6 is 0 Å². The van der Waals surface area contributed by atoms with E-state index in [1.165, 1.54) is 27.1 Å². The average molecular weight is 643 g/mol. The first-order valence-electron chi connectivity index (χ1n) is 16.8. The third-order valence-corrected chi connectivity index (χ3v) is 9.56. The molecule has 0 fully saturated rings. The summed E-state index contributed by atoms with van der Waals surface area (Å²) in [7, 11) is 0. The largest absolute Gasteiger partial charge is 0.310 e. The Hall–Kier alpha value is -6.62. The molecule has 0 amide bonds. The van der Waals surface area contributed by atoms with Crippen LogP contribution in [0.4, 0.5) is 34.1 Å². The van der Waals surface area contributed by atoms with Gasteiger partial charge in [0.15, 0.2) is 0 Å². The van der Waals surface area contributed by atoms with Gasteiger partial charge in [0.2, 0.25) is 0 Å². The molecule has 0 aliphatic heterocycles. The number of rotatable bonds is 6. The van der Waals surface area contributed by atoms with E-state index in [0.717, 1.165) is 44.9 Å². The van der Waals surface area contributed by atoms with Gasteiger partial charge in [-0.1, -0.05) is 93.6 Å². The predicted molar refractivity (Wildman–Crippen MR) is 208 cm³/mol. The van der Waals surface area contributed by atoms with Crippen molar-refractivity contribution in [2.24, 2.45) is 0 Å². The van der Waals surface area contributed by atoms with Crippen LogP contribution < -0.4 is 9.80 Å². The lowest BCUT2D eigenvalue weighted by Crippen LogP contribution is -2.14. The van der Waals surface area contributed by atoms with Gasteiger partial charge in [-0.2, -0.15) is 10.5 Å². The second-order valence-electron chi connectivity index (χ2n) is 13.7. The average Bonchev–Trinajstić information content (AvgIpc) is 3.15. The second-order valence-corrected chi connectivity index (χ2v) is 13.7. The van der Waals surface area contributed by atoms with Crippen molar-refractivity contribution in [3.63, 3.8) is 0 Å². The molecule has 4 heteroatoms. The molecule has 8 aromatic rings. The SMILES string of the molecule is CC(C)(C)c1cc2ccc3c(N(c4ccccc4)c4ccc(C#N)cc4)cc(N(c4ccccc4)c4ccc(C#N)cc4)c4ccc(c1)c2c34. The molecule has 0 atom stereocenters. The van der Waals surface area contributed by atoms with Gasteiger partial charge in [-0.3, -0.25) is 0 Å². The summed E-state index contributed by atoms with van der Waals surface area (Å²) in [4.78, 5) is 4.58. The van der Waals surface area contributed by atoms with Crippen LogP contribution in [-0.2, 0) is 5.41 Å². The van der Waals surface area contributed by atoms with Gasteiger partial charge in [0.25, 0.3) is 0 Å². The highest BCUT2D eigenvalue weighted by molar-refractivity contribution is 6.29. The molecule has 238 valence electrons. The maximum Gasteiger partial charge on any atom is 0.0991 e. The van der Waals surface area contributed by atoms with Gasteiger partial charge in [0.1, 0.15) is 0 Å². The van der Waals surface area contributed by atoms with E-state index in [9.17, 15) is 10.5 Å². The number of anilines is 6. The lowest BCUT2D eigenvalue weighted by atomic mass is 9.83. The van der Waals surface area contributed by atoms with Gasteiger partial charge in [0.05, 0.1) is 34.6 Å². The fourth-order valence-corrected chi connectivity index (χ4v) is 7.06. The highest BCUT2D eigenvalue weighted by Crippen LogP contribution is 2.50. The summed E-state index contributed by atoms with van der Waals surface area (Å²) in [5.41, 5.74) is 8.50. The zero-order chi connectivity index (χ0) is 34.4. The van der Waals surface area contributed by atoms with E-state index >= 15 is 0 Å². The minimum atomic E-state index is 0.000166. The molecule has 0 aliphatic rings. The minimum absolute atomic E-state index is 0.000166. The summed E-state index contributed by atoms with van der Waals surface area (Å²) in [6.45, 7) is 6.79. The van der Waals surface area contributed by atoms with E-state index in [1.54, 1.807) is 0 Å². The zero-order valence-electron chi connectivity index (χ0n) is 28.2. The maximum absolute atomic E-state index is 9.63. The maximum atomic E-state index is 9.63. The summed E-state index contributed by atoms with van der Waals surface area (Å²) in [6.07, 6.45) is 0. The molecule has 0 radical (unpaired) electrons. The summed E-state index contributed by atoms with van der Waals surface area (Å²) >= 11 is 0. The summed E-state index contributed by atoms with van der Waals surface area (Å²) in [5, 5.41) is 26.4. The molecule has 8 rings (SSSR count). The Bertz CT molecular complexity index is 2400. The molecule has 0 heterocycles. The van der Waals surface area contributed by atoms with Crippen molar-refractivity contribution in [3.05, 3.63) is 168 Å². The summed E-state index contributed by atoms with van der Waals surface area (Å²) in [5.74, 6) is 0. The van der Waals surface area contributed by atoms with E-state index in [4.69, 9.17) is 0 Å². The van der Waals surface area contributed by atoms with Crippen molar-refractivity contribution in [1.29, 1.82) is 10.5 Å². The van der Waals surface area contributed by atoms with E-state index in [2.05, 4.69) is 134 Å². The van der Waals surface area contributed by atoms with Crippen LogP contribution in [0.15, 0.2) is 152 Å². The van der Waals surface area contributed by atoms with Crippen LogP contribution in [0.3, 0.4) is 0 Å². The molecule has 0 aliphatic carbocycles. The first kappa shape index (κ1) is 30.7. The second kappa shape index (κ2) is 12.1. The lowest BCUT2D eigenvalue weighted by Gasteiger charge is -2.32. The van der Waals surface area contributed by atoms with Crippen LogP contribution in [0.25, 0.3) is 32.3 Å². The van der Waals surface area contributed by atoms with Gasteiger partial charge < -0.3 is 9.80 Å². The molecule has 50 heavy (non-hydrogen) atoms. The quantitative estimate of drug-likeness (QED) is 0.169. The van der Waals surface area contributed by atoms with Crippen molar-refractivity contribution in [2.75, 3.05) is 9.80 Å². The zero-order valence-corrected chi connectivity index (χ0v) is 28.2. The topological polar surface area (TPSA) is 54.1 Å². The molecule has 0 N–H and O–H groups in total. The van der Waals surface area contributed by atoms with Gasteiger partial charge in [0, 0.05) is 38.9 Å². The fourth-order valence-electron chi connectivity index (χ4n) is 7.06. The number of hydrogen-bond acceptors (Lipinski definition) is 4. The number of nitrogens with zero attached hydrogens (tertiary/aromatic N) is 4. The first-order valence-corrected chi connectivity index (χ1v) is 16.8. The Kier molecular flexibility index (Phi) is 7.44. The summed E-state index contributed by atoms with van der Waals surface area (Å²) in [6, 6.07) is 57.0. The third-order valence-electron chi connectivity index (χ3n) is 9.56. The third kappa shape index (κ3) is 5.25. The van der Waals surface area contributed by atoms with Crippen LogP contribution in [0.1, 0.15) is 37.5 Å². The van der Waals surface area contributed by atoms with E-state index in [0.29, 0.717) is 11.1 Å². The molecule has 4 nitrogen and oxygen atoms in total. The molecule has 0 saturated carbocycles. The smallest absolute Gasteiger partial charge is 0.0991 e. The Morgan fingerprint density at radius 1 is 0.440 bits per heavy atom. The minimum Gasteiger partial charge on any atom is -0.310 e. The number of nitriles is 2. The molecule has 0 aromatic heterocycles. The van der Waals surface area contributed by atoms with Gasteiger partial charge in [-0.15, -0.1) is 0 Å². The number of benzene rings is 8. The molecule has 0 bridgehead atoms. The van der Waals surface area contributed by atoms with E-state index < -0.39 is 0 Å². The number of para-hydroxylation sites is 2. The van der Waals surface area contributed by atoms with E-state index in [-0.39, 0.29) is 5.41 Å².